The standard InChI is InChI=1S/C11H8F3N3O/c1-18-10-16-9(6-15-17-10)7-3-2-4-8(5-7)11(12,13)14/h2-6H,1H3. The van der Waals surface area contributed by atoms with Crippen LogP contribution in [0.4, 0.5) is 13.2 Å². The summed E-state index contributed by atoms with van der Waals surface area (Å²) in [6.45, 7) is 0. The van der Waals surface area contributed by atoms with E-state index in [0.717, 1.165) is 12.1 Å². The van der Waals surface area contributed by atoms with E-state index < -0.39 is 11.7 Å². The van der Waals surface area contributed by atoms with Gasteiger partial charge in [0, 0.05) is 5.56 Å². The van der Waals surface area contributed by atoms with Gasteiger partial charge in [-0.05, 0) is 12.1 Å². The summed E-state index contributed by atoms with van der Waals surface area (Å²) in [7, 11) is 1.35. The molecule has 94 valence electrons. The van der Waals surface area contributed by atoms with Gasteiger partial charge in [-0.25, -0.2) is 0 Å². The van der Waals surface area contributed by atoms with Gasteiger partial charge in [0.1, 0.15) is 0 Å². The third-order valence-electron chi connectivity index (χ3n) is 2.21. The molecule has 1 aromatic carbocycles. The second-order valence-corrected chi connectivity index (χ2v) is 3.41. The van der Waals surface area contributed by atoms with E-state index in [1.165, 1.54) is 25.4 Å². The zero-order chi connectivity index (χ0) is 13.2. The van der Waals surface area contributed by atoms with Crippen LogP contribution in [0.1, 0.15) is 5.56 Å². The van der Waals surface area contributed by atoms with Crippen LogP contribution in [0.5, 0.6) is 6.01 Å². The van der Waals surface area contributed by atoms with Crippen LogP contribution < -0.4 is 4.74 Å². The molecule has 0 spiro atoms. The molecule has 0 radical (unpaired) electrons. The molecule has 0 aliphatic carbocycles. The van der Waals surface area contributed by atoms with Crippen LogP contribution in [-0.2, 0) is 6.18 Å². The summed E-state index contributed by atoms with van der Waals surface area (Å²) in [6, 6.07) is 4.83. The minimum Gasteiger partial charge on any atom is -0.466 e. The maximum Gasteiger partial charge on any atom is 0.416 e. The molecule has 0 N–H and O–H groups in total. The third kappa shape index (κ3) is 2.55. The number of halogens is 3. The normalized spacial score (nSPS) is 11.3. The highest BCUT2D eigenvalue weighted by molar-refractivity contribution is 5.59. The van der Waals surface area contributed by atoms with Crippen molar-refractivity contribution in [1.82, 2.24) is 15.2 Å². The van der Waals surface area contributed by atoms with E-state index in [1.54, 1.807) is 0 Å². The number of hydrogen-bond donors (Lipinski definition) is 0. The summed E-state index contributed by atoms with van der Waals surface area (Å²) < 4.78 is 42.4. The predicted molar refractivity (Wildman–Crippen MR) is 56.8 cm³/mol. The van der Waals surface area contributed by atoms with Gasteiger partial charge in [0.25, 0.3) is 0 Å². The monoisotopic (exact) mass is 255 g/mol. The van der Waals surface area contributed by atoms with Crippen LogP contribution >= 0.6 is 0 Å². The van der Waals surface area contributed by atoms with Gasteiger partial charge < -0.3 is 4.74 Å². The quantitative estimate of drug-likeness (QED) is 0.827. The van der Waals surface area contributed by atoms with Crippen molar-refractivity contribution >= 4 is 0 Å². The molecule has 1 aromatic heterocycles. The van der Waals surface area contributed by atoms with E-state index in [0.29, 0.717) is 5.56 Å². The van der Waals surface area contributed by atoms with Crippen molar-refractivity contribution < 1.29 is 17.9 Å². The fourth-order valence-corrected chi connectivity index (χ4v) is 1.37. The molecule has 1 heterocycles. The Morgan fingerprint density at radius 2 is 2.00 bits per heavy atom. The molecule has 0 amide bonds. The second-order valence-electron chi connectivity index (χ2n) is 3.41. The van der Waals surface area contributed by atoms with E-state index in [1.807, 2.05) is 0 Å². The van der Waals surface area contributed by atoms with E-state index in [-0.39, 0.29) is 11.7 Å². The van der Waals surface area contributed by atoms with E-state index in [4.69, 9.17) is 4.74 Å². The second kappa shape index (κ2) is 4.59. The Kier molecular flexibility index (Phi) is 3.14. The number of alkyl halides is 3. The number of aromatic nitrogens is 3. The first kappa shape index (κ1) is 12.3. The molecule has 4 nitrogen and oxygen atoms in total. The zero-order valence-corrected chi connectivity index (χ0v) is 9.27. The molecule has 0 saturated heterocycles. The van der Waals surface area contributed by atoms with Gasteiger partial charge in [-0.2, -0.15) is 23.3 Å². The maximum absolute atomic E-state index is 12.6. The molecule has 2 aromatic rings. The summed E-state index contributed by atoms with van der Waals surface area (Å²) >= 11 is 0. The van der Waals surface area contributed by atoms with Gasteiger partial charge in [0.15, 0.2) is 0 Å². The molecule has 2 rings (SSSR count). The van der Waals surface area contributed by atoms with Crippen LogP contribution in [0.25, 0.3) is 11.3 Å². The van der Waals surface area contributed by atoms with Crippen LogP contribution in [-0.4, -0.2) is 22.3 Å². The summed E-state index contributed by atoms with van der Waals surface area (Å²) in [5.74, 6) is 0. The number of nitrogens with zero attached hydrogens (tertiary/aromatic N) is 3. The molecule has 7 heteroatoms. The topological polar surface area (TPSA) is 47.9 Å². The highest BCUT2D eigenvalue weighted by Crippen LogP contribution is 2.31. The average molecular weight is 255 g/mol. The van der Waals surface area contributed by atoms with Crippen LogP contribution in [0.3, 0.4) is 0 Å². The van der Waals surface area contributed by atoms with Gasteiger partial charge in [0.2, 0.25) is 0 Å². The Bertz CT molecular complexity index is 557. The van der Waals surface area contributed by atoms with Crippen LogP contribution in [0, 0.1) is 0 Å². The SMILES string of the molecule is COc1nncc(-c2cccc(C(F)(F)F)c2)n1. The first-order valence-corrected chi connectivity index (χ1v) is 4.92. The van der Waals surface area contributed by atoms with Crippen LogP contribution in [0.15, 0.2) is 30.5 Å². The number of benzene rings is 1. The minimum atomic E-state index is -4.39. The average Bonchev–Trinajstić information content (AvgIpc) is 2.38. The van der Waals surface area contributed by atoms with E-state index >= 15 is 0 Å². The molecule has 0 fully saturated rings. The molecule has 0 saturated carbocycles. The molecule has 0 bridgehead atoms. The Morgan fingerprint density at radius 3 is 2.67 bits per heavy atom. The van der Waals surface area contributed by atoms with Crippen LogP contribution in [0.2, 0.25) is 0 Å². The fraction of sp³-hybridized carbons (Fsp3) is 0.182. The molecule has 0 aliphatic heterocycles. The molecule has 18 heavy (non-hydrogen) atoms. The number of ether oxygens (including phenoxy) is 1. The highest BCUT2D eigenvalue weighted by atomic mass is 19.4. The number of methoxy groups -OCH3 is 1. The Balaban J connectivity index is 2.44. The van der Waals surface area contributed by atoms with E-state index in [2.05, 4.69) is 15.2 Å². The van der Waals surface area contributed by atoms with Gasteiger partial charge in [-0.1, -0.05) is 17.2 Å². The first-order valence-electron chi connectivity index (χ1n) is 4.92. The zero-order valence-electron chi connectivity index (χ0n) is 9.27. The van der Waals surface area contributed by atoms with Gasteiger partial charge in [0.05, 0.1) is 24.6 Å². The van der Waals surface area contributed by atoms with Gasteiger partial charge >= 0.3 is 12.2 Å². The summed E-state index contributed by atoms with van der Waals surface area (Å²) in [5, 5.41) is 7.15. The number of hydrogen-bond acceptors (Lipinski definition) is 4. The lowest BCUT2D eigenvalue weighted by Crippen LogP contribution is -2.04. The van der Waals surface area contributed by atoms with Crippen molar-refractivity contribution in [1.29, 1.82) is 0 Å². The summed E-state index contributed by atoms with van der Waals surface area (Å²) in [4.78, 5) is 3.92. The third-order valence-corrected chi connectivity index (χ3v) is 2.21. The lowest BCUT2D eigenvalue weighted by molar-refractivity contribution is -0.137. The summed E-state index contributed by atoms with van der Waals surface area (Å²) in [6.07, 6.45) is -3.11. The van der Waals surface area contributed by atoms with Crippen molar-refractivity contribution in [3.63, 3.8) is 0 Å². The van der Waals surface area contributed by atoms with Crippen molar-refractivity contribution in [2.45, 2.75) is 6.18 Å². The molecular formula is C11H8F3N3O. The van der Waals surface area contributed by atoms with Gasteiger partial charge in [-0.15, -0.1) is 0 Å². The largest absolute Gasteiger partial charge is 0.466 e. The van der Waals surface area contributed by atoms with Crippen molar-refractivity contribution in [2.75, 3.05) is 7.11 Å². The maximum atomic E-state index is 12.6. The minimum absolute atomic E-state index is 0.00455. The van der Waals surface area contributed by atoms with Crippen molar-refractivity contribution in [3.8, 4) is 17.3 Å². The predicted octanol–water partition coefficient (Wildman–Crippen LogP) is 2.57. The lowest BCUT2D eigenvalue weighted by atomic mass is 10.1. The highest BCUT2D eigenvalue weighted by Gasteiger charge is 2.30. The Morgan fingerprint density at radius 1 is 1.22 bits per heavy atom. The van der Waals surface area contributed by atoms with Crippen molar-refractivity contribution in [3.05, 3.63) is 36.0 Å². The molecule has 0 aliphatic rings. The van der Waals surface area contributed by atoms with Crippen molar-refractivity contribution in [2.24, 2.45) is 0 Å². The summed E-state index contributed by atoms with van der Waals surface area (Å²) in [5.41, 5.74) is -0.163. The fourth-order valence-electron chi connectivity index (χ4n) is 1.37. The first-order chi connectivity index (χ1) is 8.50. The van der Waals surface area contributed by atoms with Gasteiger partial charge in [-0.3, -0.25) is 0 Å². The molecule has 0 atom stereocenters. The Hall–Kier alpha value is -2.18. The molecular weight excluding hydrogens is 247 g/mol. The molecule has 0 unspecified atom stereocenters. The smallest absolute Gasteiger partial charge is 0.416 e. The lowest BCUT2D eigenvalue weighted by Gasteiger charge is -2.08. The Labute approximate surface area is 100 Å². The van der Waals surface area contributed by atoms with E-state index in [9.17, 15) is 13.2 Å². The number of rotatable bonds is 2.